The van der Waals surface area contributed by atoms with Gasteiger partial charge in [0.2, 0.25) is 11.8 Å². The lowest BCUT2D eigenvalue weighted by atomic mass is 10.1. The van der Waals surface area contributed by atoms with Crippen LogP contribution in [-0.2, 0) is 20.7 Å². The van der Waals surface area contributed by atoms with Gasteiger partial charge in [-0.05, 0) is 24.1 Å². The van der Waals surface area contributed by atoms with Gasteiger partial charge in [0.1, 0.15) is 0 Å². The first kappa shape index (κ1) is 17.9. The van der Waals surface area contributed by atoms with Gasteiger partial charge < -0.3 is 20.1 Å². The monoisotopic (exact) mass is 312 g/mol. The first-order valence-electron chi connectivity index (χ1n) is 6.91. The van der Waals surface area contributed by atoms with Crippen molar-refractivity contribution in [2.45, 2.75) is 12.8 Å². The van der Waals surface area contributed by atoms with E-state index >= 15 is 0 Å². The fraction of sp³-hybridized carbons (Fsp3) is 0.467. The standard InChI is InChI=1S/C15H21FN2O4/c1-21-8-7-17-15(20)10-18-14(19)6-4-11-3-5-13(22-2)12(16)9-11/h3,5,9H,4,6-8,10H2,1-2H3,(H,17,20)(H,18,19). The second-order valence-electron chi connectivity index (χ2n) is 4.59. The van der Waals surface area contributed by atoms with Crippen LogP contribution < -0.4 is 15.4 Å². The topological polar surface area (TPSA) is 76.7 Å². The Morgan fingerprint density at radius 2 is 1.95 bits per heavy atom. The van der Waals surface area contributed by atoms with Crippen molar-refractivity contribution >= 4 is 11.8 Å². The third-order valence-corrected chi connectivity index (χ3v) is 2.93. The minimum atomic E-state index is -0.460. The van der Waals surface area contributed by atoms with Crippen molar-refractivity contribution in [3.8, 4) is 5.75 Å². The summed E-state index contributed by atoms with van der Waals surface area (Å²) in [5, 5.41) is 5.10. The van der Waals surface area contributed by atoms with E-state index in [4.69, 9.17) is 9.47 Å². The Bertz CT molecular complexity index is 508. The summed E-state index contributed by atoms with van der Waals surface area (Å²) in [4.78, 5) is 23.0. The lowest BCUT2D eigenvalue weighted by Crippen LogP contribution is -2.38. The van der Waals surface area contributed by atoms with Crippen LogP contribution in [0.2, 0.25) is 0 Å². The van der Waals surface area contributed by atoms with Crippen LogP contribution in [0.1, 0.15) is 12.0 Å². The number of halogens is 1. The van der Waals surface area contributed by atoms with Gasteiger partial charge in [0.15, 0.2) is 11.6 Å². The number of benzene rings is 1. The largest absolute Gasteiger partial charge is 0.494 e. The summed E-state index contributed by atoms with van der Waals surface area (Å²) >= 11 is 0. The van der Waals surface area contributed by atoms with E-state index in [9.17, 15) is 14.0 Å². The number of nitrogens with one attached hydrogen (secondary N) is 2. The number of hydrogen-bond donors (Lipinski definition) is 2. The Morgan fingerprint density at radius 1 is 1.18 bits per heavy atom. The molecule has 0 aromatic heterocycles. The highest BCUT2D eigenvalue weighted by atomic mass is 19.1. The maximum absolute atomic E-state index is 13.5. The predicted molar refractivity (Wildman–Crippen MR) is 79.2 cm³/mol. The maximum atomic E-state index is 13.5. The van der Waals surface area contributed by atoms with Crippen molar-refractivity contribution in [3.05, 3.63) is 29.6 Å². The van der Waals surface area contributed by atoms with E-state index in [-0.39, 0.29) is 30.5 Å². The molecular weight excluding hydrogens is 291 g/mol. The lowest BCUT2D eigenvalue weighted by molar-refractivity contribution is -0.126. The van der Waals surface area contributed by atoms with Crippen molar-refractivity contribution in [3.63, 3.8) is 0 Å². The number of methoxy groups -OCH3 is 2. The zero-order valence-corrected chi connectivity index (χ0v) is 12.8. The number of hydrogen-bond acceptors (Lipinski definition) is 4. The number of amides is 2. The van der Waals surface area contributed by atoms with E-state index in [2.05, 4.69) is 10.6 Å². The molecule has 1 rings (SSSR count). The molecule has 0 atom stereocenters. The summed E-state index contributed by atoms with van der Waals surface area (Å²) in [6.07, 6.45) is 0.565. The van der Waals surface area contributed by atoms with Gasteiger partial charge in [-0.1, -0.05) is 6.07 Å². The fourth-order valence-corrected chi connectivity index (χ4v) is 1.75. The lowest BCUT2D eigenvalue weighted by Gasteiger charge is -2.07. The maximum Gasteiger partial charge on any atom is 0.239 e. The highest BCUT2D eigenvalue weighted by Gasteiger charge is 2.07. The number of aryl methyl sites for hydroxylation is 1. The molecule has 6 nitrogen and oxygen atoms in total. The van der Waals surface area contributed by atoms with Crippen LogP contribution in [-0.4, -0.2) is 45.7 Å². The minimum Gasteiger partial charge on any atom is -0.494 e. The van der Waals surface area contributed by atoms with E-state index in [1.165, 1.54) is 26.4 Å². The molecule has 0 saturated heterocycles. The van der Waals surface area contributed by atoms with Gasteiger partial charge in [-0.3, -0.25) is 9.59 Å². The van der Waals surface area contributed by atoms with Gasteiger partial charge >= 0.3 is 0 Å². The Labute approximate surface area is 129 Å². The summed E-state index contributed by atoms with van der Waals surface area (Å²) in [5.74, 6) is -0.835. The molecule has 0 aliphatic carbocycles. The molecule has 0 heterocycles. The molecule has 0 aliphatic rings. The van der Waals surface area contributed by atoms with Crippen LogP contribution in [0.5, 0.6) is 5.75 Å². The summed E-state index contributed by atoms with van der Waals surface area (Å²) in [6, 6.07) is 4.56. The SMILES string of the molecule is COCCNC(=O)CNC(=O)CCc1ccc(OC)c(F)c1. The second-order valence-corrected chi connectivity index (χ2v) is 4.59. The first-order valence-corrected chi connectivity index (χ1v) is 6.91. The molecule has 0 bridgehead atoms. The molecule has 122 valence electrons. The van der Waals surface area contributed by atoms with Crippen LogP contribution in [0.25, 0.3) is 0 Å². The molecule has 7 heteroatoms. The van der Waals surface area contributed by atoms with Crippen molar-refractivity contribution < 1.29 is 23.5 Å². The number of carbonyl (C=O) groups excluding carboxylic acids is 2. The van der Waals surface area contributed by atoms with Gasteiger partial charge in [-0.25, -0.2) is 4.39 Å². The highest BCUT2D eigenvalue weighted by molar-refractivity contribution is 5.84. The molecule has 2 amide bonds. The molecule has 0 saturated carbocycles. The molecule has 1 aromatic carbocycles. The van der Waals surface area contributed by atoms with Crippen molar-refractivity contribution in [1.82, 2.24) is 10.6 Å². The summed E-state index contributed by atoms with van der Waals surface area (Å²) < 4.78 is 23.1. The van der Waals surface area contributed by atoms with Crippen LogP contribution in [0.4, 0.5) is 4.39 Å². The molecular formula is C15H21FN2O4. The van der Waals surface area contributed by atoms with Gasteiger partial charge in [0.25, 0.3) is 0 Å². The molecule has 0 aliphatic heterocycles. The first-order chi connectivity index (χ1) is 10.6. The predicted octanol–water partition coefficient (Wildman–Crippen LogP) is 0.646. The molecule has 0 spiro atoms. The van der Waals surface area contributed by atoms with E-state index in [0.29, 0.717) is 25.1 Å². The third kappa shape index (κ3) is 6.53. The molecule has 0 fully saturated rings. The normalized spacial score (nSPS) is 10.1. The van der Waals surface area contributed by atoms with Gasteiger partial charge in [0, 0.05) is 20.1 Å². The fourth-order valence-electron chi connectivity index (χ4n) is 1.75. The Kier molecular flexibility index (Phi) is 7.91. The van der Waals surface area contributed by atoms with E-state index in [0.717, 1.165) is 0 Å². The van der Waals surface area contributed by atoms with Crippen LogP contribution in [0.15, 0.2) is 18.2 Å². The van der Waals surface area contributed by atoms with Crippen molar-refractivity contribution in [2.24, 2.45) is 0 Å². The van der Waals surface area contributed by atoms with Crippen molar-refractivity contribution in [1.29, 1.82) is 0 Å². The van der Waals surface area contributed by atoms with E-state index in [1.54, 1.807) is 6.07 Å². The quantitative estimate of drug-likeness (QED) is 0.656. The average molecular weight is 312 g/mol. The summed E-state index contributed by atoms with van der Waals surface area (Å²) in [6.45, 7) is 0.735. The Balaban J connectivity index is 2.28. The minimum absolute atomic E-state index is 0.0838. The second kappa shape index (κ2) is 9.73. The van der Waals surface area contributed by atoms with Crippen LogP contribution in [0, 0.1) is 5.82 Å². The molecule has 22 heavy (non-hydrogen) atoms. The third-order valence-electron chi connectivity index (χ3n) is 2.93. The van der Waals surface area contributed by atoms with Crippen molar-refractivity contribution in [2.75, 3.05) is 33.9 Å². The zero-order valence-electron chi connectivity index (χ0n) is 12.8. The van der Waals surface area contributed by atoms with E-state index < -0.39 is 5.82 Å². The number of carbonyl (C=O) groups is 2. The smallest absolute Gasteiger partial charge is 0.239 e. The van der Waals surface area contributed by atoms with Crippen LogP contribution in [0.3, 0.4) is 0 Å². The molecule has 2 N–H and O–H groups in total. The molecule has 0 radical (unpaired) electrons. The van der Waals surface area contributed by atoms with Gasteiger partial charge in [-0.2, -0.15) is 0 Å². The average Bonchev–Trinajstić information content (AvgIpc) is 2.51. The number of rotatable bonds is 9. The van der Waals surface area contributed by atoms with Gasteiger partial charge in [-0.15, -0.1) is 0 Å². The van der Waals surface area contributed by atoms with E-state index in [1.807, 2.05) is 0 Å². The number of ether oxygens (including phenoxy) is 2. The molecule has 0 unspecified atom stereocenters. The Morgan fingerprint density at radius 3 is 2.59 bits per heavy atom. The highest BCUT2D eigenvalue weighted by Crippen LogP contribution is 2.18. The van der Waals surface area contributed by atoms with Crippen LogP contribution >= 0.6 is 0 Å². The van der Waals surface area contributed by atoms with Gasteiger partial charge in [0.05, 0.1) is 20.3 Å². The summed E-state index contributed by atoms with van der Waals surface area (Å²) in [7, 11) is 2.93. The Hall–Kier alpha value is -2.15. The molecule has 1 aromatic rings. The zero-order chi connectivity index (χ0) is 16.4. The summed E-state index contributed by atoms with van der Waals surface area (Å²) in [5.41, 5.74) is 0.693.